The Hall–Kier alpha value is -2.41. The van der Waals surface area contributed by atoms with Crippen LogP contribution in [0.15, 0.2) is 35.5 Å². The first kappa shape index (κ1) is 16.4. The van der Waals surface area contributed by atoms with Crippen LogP contribution in [0.3, 0.4) is 0 Å². The van der Waals surface area contributed by atoms with Crippen molar-refractivity contribution in [3.63, 3.8) is 0 Å². The normalized spacial score (nSPS) is 11.3. The van der Waals surface area contributed by atoms with E-state index in [4.69, 9.17) is 5.73 Å². The summed E-state index contributed by atoms with van der Waals surface area (Å²) in [6, 6.07) is 8.10. The molecule has 0 aliphatic carbocycles. The summed E-state index contributed by atoms with van der Waals surface area (Å²) in [7, 11) is 0. The van der Waals surface area contributed by atoms with Gasteiger partial charge < -0.3 is 5.73 Å². The molecule has 0 radical (unpaired) electrons. The van der Waals surface area contributed by atoms with Gasteiger partial charge in [0, 0.05) is 5.39 Å². The Morgan fingerprint density at radius 1 is 1.25 bits per heavy atom. The van der Waals surface area contributed by atoms with E-state index in [1.54, 1.807) is 0 Å². The molecule has 0 aliphatic rings. The van der Waals surface area contributed by atoms with Gasteiger partial charge in [-0.2, -0.15) is 10.2 Å². The number of aromatic nitrogens is 4. The minimum atomic E-state index is -0.385. The Morgan fingerprint density at radius 2 is 1.96 bits per heavy atom. The zero-order valence-corrected chi connectivity index (χ0v) is 14.7. The number of primary amides is 1. The number of fused-ring (bicyclic) bond motifs is 1. The number of carbonyl (C=O) groups is 1. The van der Waals surface area contributed by atoms with Crippen LogP contribution in [0.25, 0.3) is 16.6 Å². The lowest BCUT2D eigenvalue weighted by Gasteiger charge is -2.10. The highest BCUT2D eigenvalue weighted by Gasteiger charge is 2.18. The smallest absolute Gasteiger partial charge is 0.227 e. The maximum Gasteiger partial charge on any atom is 0.227 e. The topological polar surface area (TPSA) is 86.7 Å². The zero-order chi connectivity index (χ0) is 17.3. The molecule has 2 N–H and O–H groups in total. The lowest BCUT2D eigenvalue weighted by Crippen LogP contribution is -2.13. The molecule has 3 rings (SSSR count). The molecule has 0 atom stereocenters. The summed E-state index contributed by atoms with van der Waals surface area (Å²) in [5, 5.41) is 14.8. The highest BCUT2D eigenvalue weighted by atomic mass is 32.2. The summed E-state index contributed by atoms with van der Waals surface area (Å²) in [4.78, 5) is 11.1. The van der Waals surface area contributed by atoms with Crippen LogP contribution in [-0.4, -0.2) is 31.6 Å². The second kappa shape index (κ2) is 6.60. The number of hydrogen-bond acceptors (Lipinski definition) is 5. The summed E-state index contributed by atoms with van der Waals surface area (Å²) >= 11 is 1.29. The highest BCUT2D eigenvalue weighted by Crippen LogP contribution is 2.31. The molecule has 6 nitrogen and oxygen atoms in total. The van der Waals surface area contributed by atoms with E-state index in [0.717, 1.165) is 22.3 Å². The molecule has 1 aromatic carbocycles. The number of carbonyl (C=O) groups excluding carboxylic acids is 1. The third-order valence-electron chi connectivity index (χ3n) is 3.67. The minimum Gasteiger partial charge on any atom is -0.369 e. The molecular weight excluding hydrogens is 322 g/mol. The molecule has 2 aromatic heterocycles. The second-order valence-electron chi connectivity index (χ2n) is 5.95. The molecule has 0 saturated carbocycles. The van der Waals surface area contributed by atoms with Gasteiger partial charge in [-0.3, -0.25) is 4.79 Å². The van der Waals surface area contributed by atoms with Crippen molar-refractivity contribution < 1.29 is 4.79 Å². The summed E-state index contributed by atoms with van der Waals surface area (Å²) in [5.41, 5.74) is 9.16. The van der Waals surface area contributed by atoms with Gasteiger partial charge >= 0.3 is 0 Å². The molecule has 0 bridgehead atoms. The molecule has 0 unspecified atom stereocenters. The number of thioether (sulfide) groups is 1. The van der Waals surface area contributed by atoms with Crippen molar-refractivity contribution in [3.8, 4) is 5.69 Å². The number of benzene rings is 1. The largest absolute Gasteiger partial charge is 0.369 e. The van der Waals surface area contributed by atoms with Crippen molar-refractivity contribution in [1.82, 2.24) is 20.0 Å². The van der Waals surface area contributed by atoms with Crippen molar-refractivity contribution >= 4 is 28.6 Å². The van der Waals surface area contributed by atoms with Gasteiger partial charge in [-0.05, 0) is 25.0 Å². The average Bonchev–Trinajstić information content (AvgIpc) is 2.98. The van der Waals surface area contributed by atoms with Crippen molar-refractivity contribution in [3.05, 3.63) is 41.7 Å². The van der Waals surface area contributed by atoms with Gasteiger partial charge in [0.25, 0.3) is 0 Å². The third-order valence-corrected chi connectivity index (χ3v) is 4.65. The van der Waals surface area contributed by atoms with Gasteiger partial charge in [0.2, 0.25) is 5.91 Å². The first-order chi connectivity index (χ1) is 11.5. The van der Waals surface area contributed by atoms with Gasteiger partial charge in [0.1, 0.15) is 10.5 Å². The predicted octanol–water partition coefficient (Wildman–Crippen LogP) is 2.82. The van der Waals surface area contributed by atoms with E-state index >= 15 is 0 Å². The van der Waals surface area contributed by atoms with E-state index in [1.807, 2.05) is 42.1 Å². The molecule has 24 heavy (non-hydrogen) atoms. The number of hydrogen-bond donors (Lipinski definition) is 1. The van der Waals surface area contributed by atoms with Gasteiger partial charge in [0.15, 0.2) is 0 Å². The molecule has 0 saturated heterocycles. The Balaban J connectivity index is 2.20. The minimum absolute atomic E-state index is 0.157. The fourth-order valence-electron chi connectivity index (χ4n) is 2.49. The van der Waals surface area contributed by atoms with Crippen molar-refractivity contribution in [2.24, 2.45) is 5.73 Å². The SMILES string of the molecule is Cc1ccc(-n2ncc3c(C(C)C)nnc(SCC(N)=O)c32)cc1. The van der Waals surface area contributed by atoms with Crippen LogP contribution in [0.2, 0.25) is 0 Å². The van der Waals surface area contributed by atoms with Crippen molar-refractivity contribution in [2.75, 3.05) is 5.75 Å². The van der Waals surface area contributed by atoms with E-state index < -0.39 is 0 Å². The standard InChI is InChI=1S/C17H19N5OS/c1-10(2)15-13-8-19-22(12-6-4-11(3)5-7-12)16(13)17(21-20-15)24-9-14(18)23/h4-8,10H,9H2,1-3H3,(H2,18,23). The molecule has 7 heteroatoms. The number of nitrogens with zero attached hydrogens (tertiary/aromatic N) is 4. The van der Waals surface area contributed by atoms with Crippen LogP contribution in [-0.2, 0) is 4.79 Å². The quantitative estimate of drug-likeness (QED) is 0.721. The fourth-order valence-corrected chi connectivity index (χ4v) is 3.20. The Labute approximate surface area is 144 Å². The second-order valence-corrected chi connectivity index (χ2v) is 6.92. The van der Waals surface area contributed by atoms with E-state index in [0.29, 0.717) is 5.03 Å². The average molecular weight is 341 g/mol. The van der Waals surface area contributed by atoms with Gasteiger partial charge in [-0.15, -0.1) is 5.10 Å². The van der Waals surface area contributed by atoms with E-state index in [2.05, 4.69) is 29.1 Å². The summed E-state index contributed by atoms with van der Waals surface area (Å²) < 4.78 is 1.85. The predicted molar refractivity (Wildman–Crippen MR) is 95.4 cm³/mol. The van der Waals surface area contributed by atoms with Crippen molar-refractivity contribution in [2.45, 2.75) is 31.7 Å². The zero-order valence-electron chi connectivity index (χ0n) is 13.9. The van der Waals surface area contributed by atoms with Crippen molar-refractivity contribution in [1.29, 1.82) is 0 Å². The molecule has 1 amide bonds. The van der Waals surface area contributed by atoms with Gasteiger partial charge in [-0.1, -0.05) is 43.3 Å². The molecule has 2 heterocycles. The number of nitrogens with two attached hydrogens (primary N) is 1. The lowest BCUT2D eigenvalue weighted by molar-refractivity contribution is -0.115. The molecule has 0 aliphatic heterocycles. The first-order valence-electron chi connectivity index (χ1n) is 7.70. The van der Waals surface area contributed by atoms with E-state index in [-0.39, 0.29) is 17.6 Å². The lowest BCUT2D eigenvalue weighted by atomic mass is 10.1. The summed E-state index contributed by atoms with van der Waals surface area (Å²) in [5.74, 6) is -0.000643. The number of rotatable bonds is 5. The maximum atomic E-state index is 11.1. The van der Waals surface area contributed by atoms with Crippen LogP contribution >= 0.6 is 11.8 Å². The van der Waals surface area contributed by atoms with E-state index in [1.165, 1.54) is 17.3 Å². The Kier molecular flexibility index (Phi) is 4.53. The van der Waals surface area contributed by atoms with Crippen LogP contribution in [0, 0.1) is 6.92 Å². The monoisotopic (exact) mass is 341 g/mol. The third kappa shape index (κ3) is 3.12. The number of amides is 1. The molecular formula is C17H19N5OS. The Bertz CT molecular complexity index is 886. The van der Waals surface area contributed by atoms with Crippen LogP contribution in [0.1, 0.15) is 31.0 Å². The number of aryl methyl sites for hydroxylation is 1. The first-order valence-corrected chi connectivity index (χ1v) is 8.68. The highest BCUT2D eigenvalue weighted by molar-refractivity contribution is 8.00. The molecule has 124 valence electrons. The van der Waals surface area contributed by atoms with Gasteiger partial charge in [-0.25, -0.2) is 4.68 Å². The summed E-state index contributed by atoms with van der Waals surface area (Å²) in [6.07, 6.45) is 1.81. The van der Waals surface area contributed by atoms with Crippen LogP contribution in [0.4, 0.5) is 0 Å². The fraction of sp³-hybridized carbons (Fsp3) is 0.294. The Morgan fingerprint density at radius 3 is 2.58 bits per heavy atom. The summed E-state index contributed by atoms with van der Waals surface area (Å²) in [6.45, 7) is 6.19. The maximum absolute atomic E-state index is 11.1. The molecule has 0 spiro atoms. The van der Waals surface area contributed by atoms with Gasteiger partial charge in [0.05, 0.1) is 23.3 Å². The van der Waals surface area contributed by atoms with Crippen LogP contribution in [0.5, 0.6) is 0 Å². The molecule has 3 aromatic rings. The molecule has 0 fully saturated rings. The van der Waals surface area contributed by atoms with E-state index in [9.17, 15) is 4.79 Å². The van der Waals surface area contributed by atoms with Crippen LogP contribution < -0.4 is 5.73 Å².